The van der Waals surface area contributed by atoms with Crippen molar-refractivity contribution in [2.24, 2.45) is 0 Å². The monoisotopic (exact) mass is 298 g/mol. The molecule has 3 nitrogen and oxygen atoms in total. The zero-order valence-electron chi connectivity index (χ0n) is 9.87. The van der Waals surface area contributed by atoms with Crippen molar-refractivity contribution < 1.29 is 14.6 Å². The quantitative estimate of drug-likeness (QED) is 0.912. The molecule has 1 aliphatic heterocycles. The molecule has 0 radical (unpaired) electrons. The van der Waals surface area contributed by atoms with Gasteiger partial charge in [0.25, 0.3) is 0 Å². The molecule has 1 heterocycles. The predicted molar refractivity (Wildman–Crippen MR) is 70.5 cm³/mol. The van der Waals surface area contributed by atoms with Crippen LogP contribution in [0, 0.1) is 0 Å². The Balaban J connectivity index is 2.37. The maximum Gasteiger partial charge on any atom is 0.175 e. The van der Waals surface area contributed by atoms with Crippen molar-refractivity contribution in [2.75, 3.05) is 13.2 Å². The second-order valence-corrected chi connectivity index (χ2v) is 4.95. The van der Waals surface area contributed by atoms with Gasteiger partial charge in [-0.15, -0.1) is 0 Å². The second-order valence-electron chi connectivity index (χ2n) is 4.09. The van der Waals surface area contributed by atoms with Gasteiger partial charge in [0.05, 0.1) is 10.6 Å². The van der Waals surface area contributed by atoms with Gasteiger partial charge < -0.3 is 14.6 Å². The van der Waals surface area contributed by atoms with E-state index in [1.807, 2.05) is 25.1 Å². The van der Waals surface area contributed by atoms with Crippen LogP contribution in [0.15, 0.2) is 22.2 Å². The van der Waals surface area contributed by atoms with E-state index in [9.17, 15) is 5.11 Å². The Morgan fingerprint density at radius 1 is 1.41 bits per heavy atom. The molecule has 0 bridgehead atoms. The van der Waals surface area contributed by atoms with E-state index in [1.165, 1.54) is 0 Å². The van der Waals surface area contributed by atoms with Crippen molar-refractivity contribution in [1.82, 2.24) is 0 Å². The third-order valence-corrected chi connectivity index (χ3v) is 3.26. The summed E-state index contributed by atoms with van der Waals surface area (Å²) in [5, 5.41) is 9.45. The molecular formula is C13H15BrO3. The Labute approximate surface area is 109 Å². The van der Waals surface area contributed by atoms with E-state index < -0.39 is 6.10 Å². The van der Waals surface area contributed by atoms with Crippen molar-refractivity contribution in [1.29, 1.82) is 0 Å². The third kappa shape index (κ3) is 2.82. The Kier molecular flexibility index (Phi) is 3.74. The van der Waals surface area contributed by atoms with Crippen LogP contribution in [-0.2, 0) is 0 Å². The van der Waals surface area contributed by atoms with Crippen molar-refractivity contribution in [3.8, 4) is 11.5 Å². The minimum atomic E-state index is -0.443. The van der Waals surface area contributed by atoms with Gasteiger partial charge in [-0.3, -0.25) is 0 Å². The summed E-state index contributed by atoms with van der Waals surface area (Å²) in [6, 6.07) is 3.88. The molecular weight excluding hydrogens is 284 g/mol. The number of benzene rings is 1. The summed E-state index contributed by atoms with van der Waals surface area (Å²) < 4.78 is 11.9. The van der Waals surface area contributed by atoms with Gasteiger partial charge in [-0.05, 0) is 53.0 Å². The van der Waals surface area contributed by atoms with E-state index in [0.717, 1.165) is 27.1 Å². The first-order chi connectivity index (χ1) is 8.08. The minimum Gasteiger partial charge on any atom is -0.486 e. The van der Waals surface area contributed by atoms with Crippen LogP contribution in [0.25, 0.3) is 6.08 Å². The summed E-state index contributed by atoms with van der Waals surface area (Å²) in [6.45, 7) is 4.80. The fourth-order valence-corrected chi connectivity index (χ4v) is 2.17. The molecule has 0 fully saturated rings. The molecule has 0 saturated heterocycles. The molecule has 1 N–H and O–H groups in total. The molecule has 2 rings (SSSR count). The summed E-state index contributed by atoms with van der Waals surface area (Å²) >= 11 is 3.46. The number of fused-ring (bicyclic) bond motifs is 1. The van der Waals surface area contributed by atoms with Crippen molar-refractivity contribution in [2.45, 2.75) is 20.0 Å². The SMILES string of the molecule is C/C(=C\c1cc(Br)c2c(c1)OCCO2)C(C)O. The maximum absolute atomic E-state index is 9.45. The van der Waals surface area contributed by atoms with Gasteiger partial charge in [0, 0.05) is 0 Å². The highest BCUT2D eigenvalue weighted by atomic mass is 79.9. The molecule has 0 spiro atoms. The molecule has 1 aromatic carbocycles. The van der Waals surface area contributed by atoms with Gasteiger partial charge in [0.15, 0.2) is 11.5 Å². The molecule has 1 aromatic rings. The summed E-state index contributed by atoms with van der Waals surface area (Å²) in [4.78, 5) is 0. The molecule has 1 aliphatic rings. The zero-order valence-corrected chi connectivity index (χ0v) is 11.5. The molecule has 0 aromatic heterocycles. The summed E-state index contributed by atoms with van der Waals surface area (Å²) in [5.74, 6) is 1.50. The largest absolute Gasteiger partial charge is 0.486 e. The lowest BCUT2D eigenvalue weighted by Gasteiger charge is -2.20. The molecule has 0 amide bonds. The first kappa shape index (κ1) is 12.5. The van der Waals surface area contributed by atoms with Gasteiger partial charge in [0.2, 0.25) is 0 Å². The number of hydrogen-bond acceptors (Lipinski definition) is 3. The Bertz CT molecular complexity index is 452. The molecule has 0 aliphatic carbocycles. The number of ether oxygens (including phenoxy) is 2. The highest BCUT2D eigenvalue weighted by Gasteiger charge is 2.15. The lowest BCUT2D eigenvalue weighted by atomic mass is 10.1. The Hall–Kier alpha value is -1.00. The second kappa shape index (κ2) is 5.10. The van der Waals surface area contributed by atoms with E-state index in [0.29, 0.717) is 13.2 Å². The standard InChI is InChI=1S/C13H15BrO3/c1-8(9(2)15)5-10-6-11(14)13-12(7-10)16-3-4-17-13/h5-7,9,15H,3-4H2,1-2H3/b8-5+. The van der Waals surface area contributed by atoms with Crippen molar-refractivity contribution in [3.63, 3.8) is 0 Å². The fourth-order valence-electron chi connectivity index (χ4n) is 1.60. The van der Waals surface area contributed by atoms with E-state index in [1.54, 1.807) is 6.92 Å². The average Bonchev–Trinajstić information content (AvgIpc) is 2.29. The lowest BCUT2D eigenvalue weighted by Crippen LogP contribution is -2.15. The van der Waals surface area contributed by atoms with Gasteiger partial charge in [-0.2, -0.15) is 0 Å². The van der Waals surface area contributed by atoms with Crippen LogP contribution < -0.4 is 9.47 Å². The van der Waals surface area contributed by atoms with Crippen molar-refractivity contribution in [3.05, 3.63) is 27.7 Å². The van der Waals surface area contributed by atoms with Crippen LogP contribution in [0.5, 0.6) is 11.5 Å². The molecule has 1 atom stereocenters. The molecule has 1 unspecified atom stereocenters. The number of aliphatic hydroxyl groups is 1. The molecule has 4 heteroatoms. The van der Waals surface area contributed by atoms with Gasteiger partial charge >= 0.3 is 0 Å². The highest BCUT2D eigenvalue weighted by molar-refractivity contribution is 9.10. The van der Waals surface area contributed by atoms with Gasteiger partial charge in [-0.25, -0.2) is 0 Å². The van der Waals surface area contributed by atoms with Crippen LogP contribution in [0.3, 0.4) is 0 Å². The maximum atomic E-state index is 9.45. The van der Waals surface area contributed by atoms with Crippen LogP contribution >= 0.6 is 15.9 Å². The van der Waals surface area contributed by atoms with Crippen LogP contribution in [-0.4, -0.2) is 24.4 Å². The van der Waals surface area contributed by atoms with E-state index in [2.05, 4.69) is 15.9 Å². The molecule has 0 saturated carbocycles. The van der Waals surface area contributed by atoms with Gasteiger partial charge in [-0.1, -0.05) is 6.08 Å². The summed E-state index contributed by atoms with van der Waals surface area (Å²) in [6.07, 6.45) is 1.50. The Morgan fingerprint density at radius 2 is 2.12 bits per heavy atom. The number of halogens is 1. The minimum absolute atomic E-state index is 0.443. The number of rotatable bonds is 2. The van der Waals surface area contributed by atoms with E-state index in [-0.39, 0.29) is 0 Å². The van der Waals surface area contributed by atoms with Gasteiger partial charge in [0.1, 0.15) is 13.2 Å². The number of hydrogen-bond donors (Lipinski definition) is 1. The summed E-state index contributed by atoms with van der Waals surface area (Å²) in [7, 11) is 0. The molecule has 17 heavy (non-hydrogen) atoms. The zero-order chi connectivity index (χ0) is 12.4. The predicted octanol–water partition coefficient (Wildman–Crippen LogP) is 3.00. The fraction of sp³-hybridized carbons (Fsp3) is 0.385. The topological polar surface area (TPSA) is 38.7 Å². The third-order valence-electron chi connectivity index (χ3n) is 2.67. The normalized spacial score (nSPS) is 16.8. The lowest BCUT2D eigenvalue weighted by molar-refractivity contribution is 0.170. The first-order valence-electron chi connectivity index (χ1n) is 5.53. The van der Waals surface area contributed by atoms with Crippen LogP contribution in [0.2, 0.25) is 0 Å². The highest BCUT2D eigenvalue weighted by Crippen LogP contribution is 2.39. The van der Waals surface area contributed by atoms with Crippen LogP contribution in [0.1, 0.15) is 19.4 Å². The smallest absolute Gasteiger partial charge is 0.175 e. The number of aliphatic hydroxyl groups excluding tert-OH is 1. The van der Waals surface area contributed by atoms with Crippen molar-refractivity contribution >= 4 is 22.0 Å². The van der Waals surface area contributed by atoms with E-state index >= 15 is 0 Å². The van der Waals surface area contributed by atoms with Crippen LogP contribution in [0.4, 0.5) is 0 Å². The summed E-state index contributed by atoms with van der Waals surface area (Å²) in [5.41, 5.74) is 1.90. The average molecular weight is 299 g/mol. The Morgan fingerprint density at radius 3 is 2.82 bits per heavy atom. The first-order valence-corrected chi connectivity index (χ1v) is 6.32. The molecule has 92 valence electrons. The van der Waals surface area contributed by atoms with E-state index in [4.69, 9.17) is 9.47 Å².